The Morgan fingerprint density at radius 1 is 1.45 bits per heavy atom. The molecule has 1 amide bonds. The fraction of sp³-hybridized carbons (Fsp3) is 0.867. The minimum Gasteiger partial charge on any atom is -0.444 e. The number of nitrogens with one attached hydrogen (secondary N) is 1. The maximum absolute atomic E-state index is 12.0. The number of ether oxygens (including phenoxy) is 1. The minimum absolute atomic E-state index is 0.247. The van der Waals surface area contributed by atoms with Gasteiger partial charge in [-0.25, -0.2) is 4.79 Å². The van der Waals surface area contributed by atoms with Crippen LogP contribution in [-0.4, -0.2) is 48.6 Å². The van der Waals surface area contributed by atoms with Crippen molar-refractivity contribution in [3.8, 4) is 0 Å². The van der Waals surface area contributed by atoms with Crippen LogP contribution in [0.5, 0.6) is 0 Å². The van der Waals surface area contributed by atoms with Crippen molar-refractivity contribution in [2.24, 2.45) is 10.4 Å². The lowest BCUT2D eigenvalue weighted by molar-refractivity contribution is 0.0276. The second-order valence-electron chi connectivity index (χ2n) is 6.94. The highest BCUT2D eigenvalue weighted by molar-refractivity contribution is 5.87. The zero-order valence-electron chi connectivity index (χ0n) is 13.2. The number of nitrogens with zero attached hydrogens (tertiary/aromatic N) is 2. The SMILES string of the molecule is CCC1(CNC2=NCCN(C(=O)OC(C)(C)C)C2)CC1. The number of hydrogen-bond donors (Lipinski definition) is 1. The van der Waals surface area contributed by atoms with E-state index < -0.39 is 5.60 Å². The summed E-state index contributed by atoms with van der Waals surface area (Å²) in [5.74, 6) is 0.918. The molecule has 0 saturated heterocycles. The zero-order valence-corrected chi connectivity index (χ0v) is 13.2. The van der Waals surface area contributed by atoms with Gasteiger partial charge in [0, 0.05) is 13.1 Å². The Bertz CT molecular complexity index is 394. The second kappa shape index (κ2) is 5.62. The quantitative estimate of drug-likeness (QED) is 0.864. The molecule has 1 N–H and O–H groups in total. The Morgan fingerprint density at radius 3 is 2.70 bits per heavy atom. The highest BCUT2D eigenvalue weighted by Crippen LogP contribution is 2.47. The van der Waals surface area contributed by atoms with Gasteiger partial charge in [-0.1, -0.05) is 6.92 Å². The molecule has 5 nitrogen and oxygen atoms in total. The van der Waals surface area contributed by atoms with Gasteiger partial charge < -0.3 is 10.1 Å². The van der Waals surface area contributed by atoms with Crippen LogP contribution >= 0.6 is 0 Å². The van der Waals surface area contributed by atoms with Crippen LogP contribution < -0.4 is 5.32 Å². The van der Waals surface area contributed by atoms with Crippen molar-refractivity contribution >= 4 is 11.9 Å². The lowest BCUT2D eigenvalue weighted by Crippen LogP contribution is -2.48. The summed E-state index contributed by atoms with van der Waals surface area (Å²) in [7, 11) is 0. The van der Waals surface area contributed by atoms with Gasteiger partial charge in [0.15, 0.2) is 0 Å². The predicted molar refractivity (Wildman–Crippen MR) is 80.1 cm³/mol. The molecule has 0 aromatic carbocycles. The molecule has 1 aliphatic carbocycles. The van der Waals surface area contributed by atoms with E-state index in [2.05, 4.69) is 17.2 Å². The molecule has 1 heterocycles. The van der Waals surface area contributed by atoms with Crippen molar-refractivity contribution in [2.45, 2.75) is 52.6 Å². The van der Waals surface area contributed by atoms with Gasteiger partial charge in [-0.3, -0.25) is 9.89 Å². The van der Waals surface area contributed by atoms with E-state index in [0.717, 1.165) is 12.4 Å². The summed E-state index contributed by atoms with van der Waals surface area (Å²) in [5.41, 5.74) is 0.0380. The maximum atomic E-state index is 12.0. The minimum atomic E-state index is -0.445. The summed E-state index contributed by atoms with van der Waals surface area (Å²) < 4.78 is 5.41. The molecule has 0 spiro atoms. The number of carbonyl (C=O) groups excluding carboxylic acids is 1. The van der Waals surface area contributed by atoms with Crippen LogP contribution in [0.25, 0.3) is 0 Å². The zero-order chi connectivity index (χ0) is 14.8. The van der Waals surface area contributed by atoms with E-state index in [1.165, 1.54) is 19.3 Å². The predicted octanol–water partition coefficient (Wildman–Crippen LogP) is 2.42. The standard InChI is InChI=1S/C15H27N3O2/c1-5-15(6-7-15)11-17-12-10-18(9-8-16-12)13(19)20-14(2,3)4/h5-11H2,1-4H3,(H,16,17). The second-order valence-corrected chi connectivity index (χ2v) is 6.94. The van der Waals surface area contributed by atoms with Crippen LogP contribution in [0.3, 0.4) is 0 Å². The van der Waals surface area contributed by atoms with E-state index >= 15 is 0 Å². The summed E-state index contributed by atoms with van der Waals surface area (Å²) in [6.45, 7) is 10.7. The van der Waals surface area contributed by atoms with Crippen LogP contribution in [0.15, 0.2) is 4.99 Å². The van der Waals surface area contributed by atoms with Crippen molar-refractivity contribution in [1.82, 2.24) is 10.2 Å². The average Bonchev–Trinajstić information content (AvgIpc) is 3.15. The van der Waals surface area contributed by atoms with E-state index in [0.29, 0.717) is 25.0 Å². The topological polar surface area (TPSA) is 53.9 Å². The van der Waals surface area contributed by atoms with E-state index in [4.69, 9.17) is 4.74 Å². The molecule has 1 saturated carbocycles. The molecule has 2 rings (SSSR count). The van der Waals surface area contributed by atoms with E-state index in [9.17, 15) is 4.79 Å². The van der Waals surface area contributed by atoms with E-state index in [1.807, 2.05) is 20.8 Å². The number of carbonyl (C=O) groups is 1. The summed E-state index contributed by atoms with van der Waals surface area (Å²) >= 11 is 0. The number of amides is 1. The highest BCUT2D eigenvalue weighted by Gasteiger charge is 2.40. The normalized spacial score (nSPS) is 21.2. The molecule has 0 aromatic heterocycles. The van der Waals surface area contributed by atoms with Crippen LogP contribution in [0.1, 0.15) is 47.0 Å². The average molecular weight is 281 g/mol. The first-order valence-electron chi connectivity index (χ1n) is 7.59. The monoisotopic (exact) mass is 281 g/mol. The molecule has 0 aromatic rings. The number of rotatable bonds is 3. The van der Waals surface area contributed by atoms with Crippen molar-refractivity contribution in [2.75, 3.05) is 26.2 Å². The number of hydrogen-bond acceptors (Lipinski definition) is 4. The van der Waals surface area contributed by atoms with Gasteiger partial charge in [0.1, 0.15) is 11.4 Å². The molecule has 1 fully saturated rings. The number of aliphatic imine (C=N–C) groups is 1. The third-order valence-corrected chi connectivity index (χ3v) is 4.04. The first-order chi connectivity index (χ1) is 9.34. The highest BCUT2D eigenvalue weighted by atomic mass is 16.6. The lowest BCUT2D eigenvalue weighted by Gasteiger charge is -2.30. The van der Waals surface area contributed by atoms with Crippen LogP contribution in [0.4, 0.5) is 4.79 Å². The van der Waals surface area contributed by atoms with Crippen LogP contribution in [-0.2, 0) is 4.74 Å². The molecule has 2 aliphatic rings. The lowest BCUT2D eigenvalue weighted by atomic mass is 10.0. The smallest absolute Gasteiger partial charge is 0.410 e. The Morgan fingerprint density at radius 2 is 2.15 bits per heavy atom. The molecular formula is C15H27N3O2. The van der Waals surface area contributed by atoms with E-state index in [-0.39, 0.29) is 6.09 Å². The van der Waals surface area contributed by atoms with Gasteiger partial charge in [-0.2, -0.15) is 0 Å². The Labute approximate surface area is 121 Å². The Balaban J connectivity index is 1.82. The molecular weight excluding hydrogens is 254 g/mol. The Hall–Kier alpha value is -1.26. The molecule has 1 aliphatic heterocycles. The first-order valence-corrected chi connectivity index (χ1v) is 7.59. The molecule has 0 unspecified atom stereocenters. The summed E-state index contributed by atoms with van der Waals surface area (Å²) in [6.07, 6.45) is 3.57. The van der Waals surface area contributed by atoms with Gasteiger partial charge in [0.25, 0.3) is 0 Å². The van der Waals surface area contributed by atoms with Crippen molar-refractivity contribution in [3.63, 3.8) is 0 Å². The van der Waals surface area contributed by atoms with Gasteiger partial charge in [-0.15, -0.1) is 0 Å². The molecule has 0 atom stereocenters. The Kier molecular flexibility index (Phi) is 4.25. The molecule has 114 valence electrons. The fourth-order valence-electron chi connectivity index (χ4n) is 2.33. The summed E-state index contributed by atoms with van der Waals surface area (Å²) in [5, 5.41) is 3.42. The maximum Gasteiger partial charge on any atom is 0.410 e. The van der Waals surface area contributed by atoms with Crippen molar-refractivity contribution in [3.05, 3.63) is 0 Å². The van der Waals surface area contributed by atoms with Crippen LogP contribution in [0.2, 0.25) is 0 Å². The number of amidine groups is 1. The molecule has 5 heteroatoms. The molecule has 0 bridgehead atoms. The largest absolute Gasteiger partial charge is 0.444 e. The van der Waals surface area contributed by atoms with Crippen molar-refractivity contribution in [1.29, 1.82) is 0 Å². The molecule has 20 heavy (non-hydrogen) atoms. The van der Waals surface area contributed by atoms with Gasteiger partial charge in [-0.05, 0) is 45.4 Å². The van der Waals surface area contributed by atoms with Gasteiger partial charge in [0.2, 0.25) is 0 Å². The van der Waals surface area contributed by atoms with E-state index in [1.54, 1.807) is 4.90 Å². The first kappa shape index (κ1) is 15.1. The summed E-state index contributed by atoms with van der Waals surface area (Å²) in [4.78, 5) is 18.3. The summed E-state index contributed by atoms with van der Waals surface area (Å²) in [6, 6.07) is 0. The molecule has 0 radical (unpaired) electrons. The van der Waals surface area contributed by atoms with Crippen molar-refractivity contribution < 1.29 is 9.53 Å². The van der Waals surface area contributed by atoms with Crippen LogP contribution in [0, 0.1) is 5.41 Å². The van der Waals surface area contributed by atoms with Gasteiger partial charge in [0.05, 0.1) is 13.1 Å². The third kappa shape index (κ3) is 4.12. The third-order valence-electron chi connectivity index (χ3n) is 4.04. The van der Waals surface area contributed by atoms with Gasteiger partial charge >= 0.3 is 6.09 Å². The fourth-order valence-corrected chi connectivity index (χ4v) is 2.33.